The zero-order chi connectivity index (χ0) is 100.0. The number of nitrogens with one attached hydrogen (secondary N) is 11. The molecule has 3 saturated heterocycles. The van der Waals surface area contributed by atoms with Gasteiger partial charge in [0.05, 0.1) is 62.0 Å². The van der Waals surface area contributed by atoms with E-state index in [1.807, 2.05) is 19.9 Å². The molecule has 0 saturated carbocycles. The Kier molecular flexibility index (Phi) is 44.5. The van der Waals surface area contributed by atoms with Crippen LogP contribution in [0.4, 0.5) is 15.3 Å². The normalized spacial score (nSPS) is 22.9. The predicted octanol–water partition coefficient (Wildman–Crippen LogP) is -3.15. The lowest BCUT2D eigenvalue weighted by Crippen LogP contribution is -2.69. The fraction of sp³-hybridized carbons (Fsp3) is 0.663. The molecule has 1 unspecified atom stereocenters. The summed E-state index contributed by atoms with van der Waals surface area (Å²) < 4.78 is 35.7. The Morgan fingerprint density at radius 3 is 1.77 bits per heavy atom. The van der Waals surface area contributed by atoms with Crippen molar-refractivity contribution in [1.29, 1.82) is 0 Å². The van der Waals surface area contributed by atoms with E-state index in [9.17, 15) is 93.3 Å². The van der Waals surface area contributed by atoms with Crippen LogP contribution in [0.25, 0.3) is 0 Å². The quantitative estimate of drug-likeness (QED) is 0.0230. The number of benzene rings is 2. The van der Waals surface area contributed by atoms with E-state index in [4.69, 9.17) is 34.2 Å². The first kappa shape index (κ1) is 112. The lowest BCUT2D eigenvalue weighted by atomic mass is 9.89. The number of ether oxygens (including phenoxy) is 6. The molecule has 4 heterocycles. The highest BCUT2D eigenvalue weighted by Crippen LogP contribution is 2.34. The molecule has 0 radical (unpaired) electrons. The van der Waals surface area contributed by atoms with Crippen molar-refractivity contribution < 1.29 is 141 Å². The molecule has 134 heavy (non-hydrogen) atoms. The van der Waals surface area contributed by atoms with Gasteiger partial charge < -0.3 is 138 Å². The van der Waals surface area contributed by atoms with Crippen molar-refractivity contribution in [2.75, 3.05) is 79.6 Å². The van der Waals surface area contributed by atoms with Gasteiger partial charge >= 0.3 is 12.1 Å². The summed E-state index contributed by atoms with van der Waals surface area (Å²) >= 11 is 0. The van der Waals surface area contributed by atoms with Gasteiger partial charge in [-0.1, -0.05) is 111 Å². The number of hydrogen-bond acceptors (Lipinski definition) is 29. The van der Waals surface area contributed by atoms with Gasteiger partial charge in [0.1, 0.15) is 78.9 Å². The molecule has 24 atom stereocenters. The van der Waals surface area contributed by atoms with E-state index in [-0.39, 0.29) is 87.8 Å². The van der Waals surface area contributed by atoms with E-state index in [1.165, 1.54) is 50.4 Å². The fourth-order valence-electron chi connectivity index (χ4n) is 16.6. The Morgan fingerprint density at radius 1 is 0.604 bits per heavy atom. The number of methoxy groups -OCH3 is 2. The van der Waals surface area contributed by atoms with Gasteiger partial charge in [-0.2, -0.15) is 0 Å². The van der Waals surface area contributed by atoms with Crippen molar-refractivity contribution in [3.63, 3.8) is 0 Å². The molecule has 17 amide bonds. The molecule has 748 valence electrons. The predicted molar refractivity (Wildman–Crippen MR) is 478 cm³/mol. The van der Waals surface area contributed by atoms with Crippen LogP contribution < -0.4 is 64.2 Å². The number of likely N-dealkylation sites (tertiary alicyclic amines) is 1. The molecule has 4 aliphatic heterocycles. The molecule has 45 nitrogen and oxygen atoms in total. The van der Waals surface area contributed by atoms with Gasteiger partial charge in [0, 0.05) is 111 Å². The molecule has 0 aromatic heterocycles. The van der Waals surface area contributed by atoms with E-state index in [1.54, 1.807) is 84.6 Å². The number of urea groups is 1. The second-order valence-electron chi connectivity index (χ2n) is 35.1. The van der Waals surface area contributed by atoms with Crippen molar-refractivity contribution >= 4 is 101 Å². The first-order chi connectivity index (χ1) is 63.2. The molecule has 0 bridgehead atoms. The van der Waals surface area contributed by atoms with Crippen LogP contribution in [0.2, 0.25) is 0 Å². The summed E-state index contributed by atoms with van der Waals surface area (Å²) in [6.07, 6.45) is -19.2. The molecule has 2 aromatic rings. The number of nitrogens with zero attached hydrogens (tertiary/aromatic N) is 4. The fourth-order valence-corrected chi connectivity index (χ4v) is 16.6. The van der Waals surface area contributed by atoms with Gasteiger partial charge in [-0.3, -0.25) is 76.9 Å². The maximum atomic E-state index is 15.4. The zero-order valence-corrected chi connectivity index (χ0v) is 78.7. The average Bonchev–Trinajstić information content (AvgIpc) is 0.975. The average molecular weight is 1900 g/mol. The van der Waals surface area contributed by atoms with Crippen molar-refractivity contribution in [2.45, 2.75) is 275 Å². The number of carbonyl (C=O) groups is 16. The van der Waals surface area contributed by atoms with Gasteiger partial charge in [-0.15, -0.1) is 0 Å². The Hall–Kier alpha value is -11.0. The van der Waals surface area contributed by atoms with Crippen LogP contribution in [0.1, 0.15) is 164 Å². The van der Waals surface area contributed by atoms with E-state index in [0.29, 0.717) is 31.4 Å². The Morgan fingerprint density at radius 2 is 1.21 bits per heavy atom. The van der Waals surface area contributed by atoms with Crippen molar-refractivity contribution in [2.24, 2.45) is 35.3 Å². The van der Waals surface area contributed by atoms with Crippen LogP contribution in [0.5, 0.6) is 0 Å². The second kappa shape index (κ2) is 53.4. The van der Waals surface area contributed by atoms with Gasteiger partial charge in [0.2, 0.25) is 71.1 Å². The topological polar surface area (TPSA) is 641 Å². The van der Waals surface area contributed by atoms with E-state index in [0.717, 1.165) is 42.8 Å². The third-order valence-corrected chi connectivity index (χ3v) is 24.2. The third kappa shape index (κ3) is 31.3. The Balaban J connectivity index is 1.27. The van der Waals surface area contributed by atoms with Gasteiger partial charge in [-0.25, -0.2) is 9.59 Å². The maximum absolute atomic E-state index is 15.4. The van der Waals surface area contributed by atoms with Gasteiger partial charge in [-0.05, 0) is 80.4 Å². The molecule has 0 aliphatic carbocycles. The smallest absolute Gasteiger partial charge is 0.411 e. The summed E-state index contributed by atoms with van der Waals surface area (Å²) in [5.41, 5.74) is 5.64. The van der Waals surface area contributed by atoms with Crippen LogP contribution in [0.15, 0.2) is 66.7 Å². The second-order valence-corrected chi connectivity index (χ2v) is 35.1. The minimum Gasteiger partial charge on any atom is -0.431 e. The highest BCUT2D eigenvalue weighted by Gasteiger charge is 2.53. The number of hydrogen-bond donors (Lipinski definition) is 19. The molecule has 6 rings (SSSR count). The lowest BCUT2D eigenvalue weighted by Gasteiger charge is -2.47. The van der Waals surface area contributed by atoms with Gasteiger partial charge in [0.25, 0.3) is 17.7 Å². The summed E-state index contributed by atoms with van der Waals surface area (Å²) in [6, 6.07) is -0.144. The molecule has 2 aromatic carbocycles. The number of amides is 17. The number of imide groups is 1. The lowest BCUT2D eigenvalue weighted by molar-refractivity contribution is -0.327. The van der Waals surface area contributed by atoms with Crippen LogP contribution in [-0.2, 0) is 95.5 Å². The summed E-state index contributed by atoms with van der Waals surface area (Å²) in [5, 5.41) is 106. The standard InChI is InChI=1S/C89H138N16O29/c1-17-47(8)71(58(129-15)41-65(114)104-39-22-26-57(104)76(130-16)48(9)79(119)94-49(10)72(115)52-23-19-18-20-24-52)102(13)85(125)67(45(4)5)100-83(123)70(46(6)7)103(14)89(128)134-77(84(124)101-69-74(117)73(116)59(42-106)132-87(69)133-78-60(43-107)131-86(126)68(75(78)118)96-51(12)109)53-27-29-54(30-28-53)97-80(120)55(25-21-36-93-88(90)127)98-82(122)66(44(2)3)99-81(121)56(95-50(11)108)31-32-61(110)91-37-38-92-62(111)35-40-105-63(112)33-34-64(105)113/h18-20,23-24,27-30,33-34,44-49,55-60,66-78,86-87,106-107,115-118,126H,17,21-22,25-26,31-32,35-43H2,1-16H3,(H,91,110)(H,92,111)(H,94,119)(H,95,108)(H,96,109)(H,97,120)(H,98,122)(H,99,121)(H,100,123)(H,101,124)(H3,90,93,127)/t47-,48+,49+,55-,56-,57-,58+,59+,60+,66-,67-,68+,69+,70-,71-,72+,73+,74+,75+,76+,77?,78+,86+,87-/m0/s1. The Labute approximate surface area is 778 Å². The largest absolute Gasteiger partial charge is 0.431 e. The van der Waals surface area contributed by atoms with E-state index < -0.39 is 260 Å². The number of aliphatic hydroxyl groups excluding tert-OH is 7. The molecular weight excluding hydrogens is 1760 g/mol. The number of primary amides is 1. The van der Waals surface area contributed by atoms with Crippen LogP contribution in [0.3, 0.4) is 0 Å². The van der Waals surface area contributed by atoms with Crippen molar-refractivity contribution in [3.05, 3.63) is 77.9 Å². The minimum absolute atomic E-state index is 0.00226. The van der Waals surface area contributed by atoms with E-state index >= 15 is 19.2 Å². The molecular formula is C89H138N16O29. The number of anilines is 1. The molecule has 3 fully saturated rings. The van der Waals surface area contributed by atoms with Crippen LogP contribution in [-0.4, -0.2) is 346 Å². The summed E-state index contributed by atoms with van der Waals surface area (Å²) in [5.74, 6) is -13.4. The SMILES string of the molecule is CC[C@H](C)[C@@H]([C@@H](CC(=O)N1CCC[C@H]1[C@H](OC)[C@@H](C)C(=O)N[C@H](C)[C@@H](O)c1ccccc1)OC)N(C)C(=O)[C@@H](NC(=O)[C@H](C(C)C)N(C)C(=O)OC(C(=O)N[C@H]1[C@H](O[C@H]2[C@H](O)[C@@H](NC(C)=O)[C@H](O)O[C@@H]2CO)O[C@H](CO)[C@@H](O)[C@@H]1O)c1ccc(NC(=O)[C@H](CCCNC(N)=O)NC(=O)[C@@H](NC(=O)[C@H](CCC(=O)NCCNC(=O)CCN2C(=O)C=CC2=O)NC(C)=O)C(C)C)cc1)C(C)C. The molecule has 20 N–H and O–H groups in total. The van der Waals surface area contributed by atoms with E-state index in [2.05, 4.69) is 58.5 Å². The zero-order valence-electron chi connectivity index (χ0n) is 78.7. The van der Waals surface area contributed by atoms with Crippen LogP contribution in [0, 0.1) is 29.6 Å². The number of nitrogens with two attached hydrogens (primary N) is 1. The first-order valence-electron chi connectivity index (χ1n) is 45.0. The van der Waals surface area contributed by atoms with Crippen molar-refractivity contribution in [3.8, 4) is 0 Å². The van der Waals surface area contributed by atoms with Crippen molar-refractivity contribution in [1.82, 2.24) is 72.8 Å². The monoisotopic (exact) mass is 1890 g/mol. The summed E-state index contributed by atoms with van der Waals surface area (Å²) in [7, 11) is 5.56. The number of carbonyl (C=O) groups excluding carboxylic acids is 16. The maximum Gasteiger partial charge on any atom is 0.411 e. The first-order valence-corrected chi connectivity index (χ1v) is 45.0. The third-order valence-electron chi connectivity index (χ3n) is 24.2. The Bertz CT molecular complexity index is 4330. The van der Waals surface area contributed by atoms with Gasteiger partial charge in [0.15, 0.2) is 12.6 Å². The minimum atomic E-state index is -2.22. The molecule has 0 spiro atoms. The highest BCUT2D eigenvalue weighted by molar-refractivity contribution is 6.13. The number of aliphatic hydroxyl groups is 7. The molecule has 4 aliphatic rings. The number of rotatable bonds is 50. The highest BCUT2D eigenvalue weighted by atomic mass is 16.7. The summed E-state index contributed by atoms with van der Waals surface area (Å²) in [6.45, 7) is 16.9. The van der Waals surface area contributed by atoms with Crippen LogP contribution >= 0.6 is 0 Å². The summed E-state index contributed by atoms with van der Waals surface area (Å²) in [4.78, 5) is 223. The number of likely N-dealkylation sites (N-methyl/N-ethyl adjacent to an activating group) is 2. The molecule has 45 heteroatoms.